The Kier molecular flexibility index (Phi) is 2.13. The third-order valence-corrected chi connectivity index (χ3v) is 2.24. The quantitative estimate of drug-likeness (QED) is 0.765. The molecule has 3 nitrogen and oxygen atoms in total. The molecule has 1 heterocycles. The van der Waals surface area contributed by atoms with Crippen LogP contribution in [-0.2, 0) is 6.54 Å². The zero-order chi connectivity index (χ0) is 10.1. The molecule has 74 valence electrons. The van der Waals surface area contributed by atoms with Crippen molar-refractivity contribution < 1.29 is 9.13 Å². The van der Waals surface area contributed by atoms with E-state index in [1.165, 1.54) is 19.2 Å². The fraction of sp³-hybridized carbons (Fsp3) is 0.200. The highest BCUT2D eigenvalue weighted by molar-refractivity contribution is 5.88. The van der Waals surface area contributed by atoms with Crippen molar-refractivity contribution >= 4 is 10.9 Å². The van der Waals surface area contributed by atoms with Gasteiger partial charge in [0, 0.05) is 24.2 Å². The molecule has 0 fully saturated rings. The van der Waals surface area contributed by atoms with E-state index in [0.717, 1.165) is 16.5 Å². The average Bonchev–Trinajstić information content (AvgIpc) is 2.59. The molecule has 4 heteroatoms. The van der Waals surface area contributed by atoms with E-state index >= 15 is 0 Å². The fourth-order valence-electron chi connectivity index (χ4n) is 1.55. The molecule has 3 N–H and O–H groups in total. The summed E-state index contributed by atoms with van der Waals surface area (Å²) in [6.07, 6.45) is 1.77. The minimum atomic E-state index is -0.316. The Bertz CT molecular complexity index is 464. The van der Waals surface area contributed by atoms with Gasteiger partial charge in [-0.25, -0.2) is 4.39 Å². The summed E-state index contributed by atoms with van der Waals surface area (Å²) >= 11 is 0. The third-order valence-electron chi connectivity index (χ3n) is 2.24. The average molecular weight is 194 g/mol. The molecule has 1 aromatic heterocycles. The molecule has 0 saturated carbocycles. The third kappa shape index (κ3) is 1.24. The van der Waals surface area contributed by atoms with Crippen LogP contribution in [0.4, 0.5) is 4.39 Å². The molecule has 0 aliphatic carbocycles. The zero-order valence-corrected chi connectivity index (χ0v) is 7.80. The normalized spacial score (nSPS) is 10.8. The van der Waals surface area contributed by atoms with Gasteiger partial charge in [-0.3, -0.25) is 0 Å². The lowest BCUT2D eigenvalue weighted by molar-refractivity contribution is 0.416. The van der Waals surface area contributed by atoms with Gasteiger partial charge in [0.15, 0.2) is 0 Å². The number of ether oxygens (including phenoxy) is 1. The van der Waals surface area contributed by atoms with Crippen LogP contribution in [0.15, 0.2) is 18.3 Å². The lowest BCUT2D eigenvalue weighted by Crippen LogP contribution is -1.94. The number of benzene rings is 1. The van der Waals surface area contributed by atoms with E-state index in [2.05, 4.69) is 4.98 Å². The maximum absolute atomic E-state index is 13.1. The Morgan fingerprint density at radius 3 is 2.93 bits per heavy atom. The van der Waals surface area contributed by atoms with Crippen molar-refractivity contribution in [3.63, 3.8) is 0 Å². The summed E-state index contributed by atoms with van der Waals surface area (Å²) in [5.74, 6) is 0.184. The number of halogens is 1. The first-order valence-electron chi connectivity index (χ1n) is 4.30. The summed E-state index contributed by atoms with van der Waals surface area (Å²) in [6.45, 7) is 0.382. The maximum Gasteiger partial charge on any atom is 0.145 e. The lowest BCUT2D eigenvalue weighted by Gasteiger charge is -2.02. The van der Waals surface area contributed by atoms with Crippen molar-refractivity contribution in [3.05, 3.63) is 29.7 Å². The Morgan fingerprint density at radius 2 is 2.29 bits per heavy atom. The van der Waals surface area contributed by atoms with Crippen LogP contribution in [-0.4, -0.2) is 12.1 Å². The Morgan fingerprint density at radius 1 is 1.50 bits per heavy atom. The number of hydrogen-bond donors (Lipinski definition) is 2. The second-order valence-electron chi connectivity index (χ2n) is 3.05. The van der Waals surface area contributed by atoms with Crippen molar-refractivity contribution in [1.29, 1.82) is 0 Å². The molecule has 1 aromatic carbocycles. The van der Waals surface area contributed by atoms with E-state index in [1.54, 1.807) is 6.20 Å². The fourth-order valence-corrected chi connectivity index (χ4v) is 1.55. The van der Waals surface area contributed by atoms with Crippen LogP contribution >= 0.6 is 0 Å². The number of aromatic amines is 1. The number of aromatic nitrogens is 1. The highest BCUT2D eigenvalue weighted by atomic mass is 19.1. The first-order valence-corrected chi connectivity index (χ1v) is 4.30. The molecule has 0 atom stereocenters. The molecule has 0 aliphatic heterocycles. The molecule has 14 heavy (non-hydrogen) atoms. The topological polar surface area (TPSA) is 51.0 Å². The minimum absolute atomic E-state index is 0.316. The van der Waals surface area contributed by atoms with Crippen LogP contribution in [0.25, 0.3) is 10.9 Å². The first kappa shape index (κ1) is 9.02. The first-order chi connectivity index (χ1) is 6.76. The second kappa shape index (κ2) is 3.31. The van der Waals surface area contributed by atoms with Crippen LogP contribution < -0.4 is 10.5 Å². The molecule has 2 aromatic rings. The highest BCUT2D eigenvalue weighted by Gasteiger charge is 2.09. The van der Waals surface area contributed by atoms with Crippen molar-refractivity contribution in [3.8, 4) is 5.75 Å². The van der Waals surface area contributed by atoms with E-state index in [0.29, 0.717) is 12.3 Å². The second-order valence-corrected chi connectivity index (χ2v) is 3.05. The number of hydrogen-bond acceptors (Lipinski definition) is 2. The zero-order valence-electron chi connectivity index (χ0n) is 7.80. The van der Waals surface area contributed by atoms with Gasteiger partial charge in [-0.05, 0) is 11.6 Å². The molecule has 0 unspecified atom stereocenters. The van der Waals surface area contributed by atoms with Crippen molar-refractivity contribution in [2.75, 3.05) is 7.11 Å². The minimum Gasteiger partial charge on any atom is -0.494 e. The number of nitrogens with two attached hydrogens (primary N) is 1. The van der Waals surface area contributed by atoms with Gasteiger partial charge in [0.1, 0.15) is 11.6 Å². The van der Waals surface area contributed by atoms with E-state index in [9.17, 15) is 4.39 Å². The van der Waals surface area contributed by atoms with E-state index < -0.39 is 0 Å². The molecule has 0 spiro atoms. The molecular weight excluding hydrogens is 183 g/mol. The number of nitrogens with one attached hydrogen (secondary N) is 1. The summed E-state index contributed by atoms with van der Waals surface area (Å²) in [5.41, 5.74) is 7.19. The van der Waals surface area contributed by atoms with Gasteiger partial charge in [0.2, 0.25) is 0 Å². The number of fused-ring (bicyclic) bond motifs is 1. The lowest BCUT2D eigenvalue weighted by atomic mass is 10.1. The van der Waals surface area contributed by atoms with Crippen molar-refractivity contribution in [2.24, 2.45) is 5.73 Å². The van der Waals surface area contributed by atoms with Gasteiger partial charge in [0.05, 0.1) is 12.6 Å². The molecule has 0 radical (unpaired) electrons. The molecule has 0 saturated heterocycles. The smallest absolute Gasteiger partial charge is 0.145 e. The predicted molar refractivity (Wildman–Crippen MR) is 52.7 cm³/mol. The Hall–Kier alpha value is -1.55. The molecule has 2 rings (SSSR count). The van der Waals surface area contributed by atoms with E-state index in [1.807, 2.05) is 0 Å². The Balaban J connectivity index is 2.76. The van der Waals surface area contributed by atoms with Gasteiger partial charge >= 0.3 is 0 Å². The summed E-state index contributed by atoms with van der Waals surface area (Å²) in [5, 5.41) is 0.782. The Labute approximate surface area is 80.7 Å². The van der Waals surface area contributed by atoms with Gasteiger partial charge in [-0.2, -0.15) is 0 Å². The predicted octanol–water partition coefficient (Wildman–Crippen LogP) is 1.77. The van der Waals surface area contributed by atoms with Gasteiger partial charge in [-0.15, -0.1) is 0 Å². The summed E-state index contributed by atoms with van der Waals surface area (Å²) in [6, 6.07) is 2.80. The van der Waals surface area contributed by atoms with Gasteiger partial charge < -0.3 is 15.5 Å². The summed E-state index contributed by atoms with van der Waals surface area (Å²) in [4.78, 5) is 3.01. The van der Waals surface area contributed by atoms with E-state index in [-0.39, 0.29) is 5.82 Å². The molecule has 0 aliphatic rings. The van der Waals surface area contributed by atoms with Crippen LogP contribution in [0.5, 0.6) is 5.75 Å². The summed E-state index contributed by atoms with van der Waals surface area (Å²) < 4.78 is 18.2. The van der Waals surface area contributed by atoms with Gasteiger partial charge in [-0.1, -0.05) is 0 Å². The standard InChI is InChI=1S/C10H11FN2O/c1-14-9-3-7(11)2-8-6(4-12)5-13-10(8)9/h2-3,5,13H,4,12H2,1H3. The highest BCUT2D eigenvalue weighted by Crippen LogP contribution is 2.28. The molecular formula is C10H11FN2O. The van der Waals surface area contributed by atoms with E-state index in [4.69, 9.17) is 10.5 Å². The van der Waals surface area contributed by atoms with Crippen LogP contribution in [0.1, 0.15) is 5.56 Å². The van der Waals surface area contributed by atoms with Crippen molar-refractivity contribution in [2.45, 2.75) is 6.54 Å². The molecule has 0 bridgehead atoms. The maximum atomic E-state index is 13.1. The van der Waals surface area contributed by atoms with Crippen LogP contribution in [0, 0.1) is 5.82 Å². The SMILES string of the molecule is COc1cc(F)cc2c(CN)c[nH]c12. The van der Waals surface area contributed by atoms with Gasteiger partial charge in [0.25, 0.3) is 0 Å². The number of H-pyrrole nitrogens is 1. The monoisotopic (exact) mass is 194 g/mol. The largest absolute Gasteiger partial charge is 0.494 e. The summed E-state index contributed by atoms with van der Waals surface area (Å²) in [7, 11) is 1.51. The molecule has 0 amide bonds. The number of rotatable bonds is 2. The van der Waals surface area contributed by atoms with Crippen LogP contribution in [0.3, 0.4) is 0 Å². The number of methoxy groups -OCH3 is 1. The van der Waals surface area contributed by atoms with Crippen LogP contribution in [0.2, 0.25) is 0 Å². The van der Waals surface area contributed by atoms with Crippen molar-refractivity contribution in [1.82, 2.24) is 4.98 Å².